The van der Waals surface area contributed by atoms with Crippen LogP contribution < -0.4 is 0 Å². The number of carbonyl (C=O) groups is 1. The molecule has 6 heteroatoms. The van der Waals surface area contributed by atoms with Crippen LogP contribution in [0.5, 0.6) is 0 Å². The summed E-state index contributed by atoms with van der Waals surface area (Å²) in [5.74, 6) is -0.922. The lowest BCUT2D eigenvalue weighted by Gasteiger charge is -2.18. The van der Waals surface area contributed by atoms with Crippen LogP contribution in [0.3, 0.4) is 0 Å². The minimum Gasteiger partial charge on any atom is -0.476 e. The van der Waals surface area contributed by atoms with Crippen molar-refractivity contribution >= 4 is 17.7 Å². The summed E-state index contributed by atoms with van der Waals surface area (Å²) >= 11 is 1.50. The smallest absolute Gasteiger partial charge is 0.356 e. The number of rotatable bonds is 2. The number of thioether (sulfide) groups is 1. The van der Waals surface area contributed by atoms with E-state index in [2.05, 4.69) is 5.10 Å². The lowest BCUT2D eigenvalue weighted by atomic mass is 10.1. The highest BCUT2D eigenvalue weighted by Crippen LogP contribution is 2.43. The standard InChI is InChI=1S/C17H11FN2O2S/c18-10-6-7-14-12(8-10)16-13(9-23-14)15(17(21)22)19-20(16)11-4-2-1-3-5-11/h1-8H,9H2,(H,21,22). The zero-order valence-corrected chi connectivity index (χ0v) is 12.7. The molecule has 2 aromatic carbocycles. The Labute approximate surface area is 135 Å². The van der Waals surface area contributed by atoms with Gasteiger partial charge in [-0.2, -0.15) is 5.10 Å². The van der Waals surface area contributed by atoms with Gasteiger partial charge >= 0.3 is 5.97 Å². The Kier molecular flexibility index (Phi) is 3.20. The molecule has 0 spiro atoms. The molecule has 0 atom stereocenters. The van der Waals surface area contributed by atoms with Crippen molar-refractivity contribution in [1.29, 1.82) is 0 Å². The van der Waals surface area contributed by atoms with Crippen LogP contribution >= 0.6 is 11.8 Å². The van der Waals surface area contributed by atoms with Gasteiger partial charge in [0.1, 0.15) is 5.82 Å². The highest BCUT2D eigenvalue weighted by atomic mass is 32.2. The molecule has 23 heavy (non-hydrogen) atoms. The largest absolute Gasteiger partial charge is 0.476 e. The van der Waals surface area contributed by atoms with Crippen LogP contribution in [-0.4, -0.2) is 20.9 Å². The minimum absolute atomic E-state index is 0.0197. The molecule has 1 aromatic heterocycles. The van der Waals surface area contributed by atoms with Gasteiger partial charge < -0.3 is 5.11 Å². The lowest BCUT2D eigenvalue weighted by Crippen LogP contribution is -2.03. The van der Waals surface area contributed by atoms with Crippen LogP contribution in [0.1, 0.15) is 16.1 Å². The van der Waals surface area contributed by atoms with Gasteiger partial charge in [0.25, 0.3) is 0 Å². The van der Waals surface area contributed by atoms with Crippen molar-refractivity contribution < 1.29 is 14.3 Å². The summed E-state index contributed by atoms with van der Waals surface area (Å²) in [6.07, 6.45) is 0. The van der Waals surface area contributed by atoms with Gasteiger partial charge in [0.05, 0.1) is 11.4 Å². The van der Waals surface area contributed by atoms with Gasteiger partial charge in [-0.3, -0.25) is 0 Å². The number of halogens is 1. The van der Waals surface area contributed by atoms with Gasteiger partial charge in [-0.05, 0) is 30.3 Å². The summed E-state index contributed by atoms with van der Waals surface area (Å²) in [5.41, 5.74) is 2.73. The predicted octanol–water partition coefficient (Wildman–Crippen LogP) is 3.98. The van der Waals surface area contributed by atoms with Crippen molar-refractivity contribution in [2.24, 2.45) is 0 Å². The van der Waals surface area contributed by atoms with E-state index in [-0.39, 0.29) is 11.5 Å². The molecule has 4 rings (SSSR count). The van der Waals surface area contributed by atoms with Crippen LogP contribution in [0, 0.1) is 5.82 Å². The van der Waals surface area contributed by atoms with E-state index in [1.165, 1.54) is 23.9 Å². The van der Waals surface area contributed by atoms with E-state index in [1.807, 2.05) is 30.3 Å². The van der Waals surface area contributed by atoms with Crippen LogP contribution in [0.2, 0.25) is 0 Å². The monoisotopic (exact) mass is 326 g/mol. The first kappa shape index (κ1) is 14.0. The first-order chi connectivity index (χ1) is 11.1. The molecule has 0 saturated heterocycles. The molecule has 1 aliphatic rings. The molecule has 4 nitrogen and oxygen atoms in total. The van der Waals surface area contributed by atoms with E-state index < -0.39 is 5.97 Å². The highest BCUT2D eigenvalue weighted by Gasteiger charge is 2.29. The van der Waals surface area contributed by atoms with Gasteiger partial charge in [-0.25, -0.2) is 13.9 Å². The second kappa shape index (κ2) is 5.24. The summed E-state index contributed by atoms with van der Waals surface area (Å²) in [6.45, 7) is 0. The summed E-state index contributed by atoms with van der Waals surface area (Å²) in [6, 6.07) is 13.9. The Morgan fingerprint density at radius 1 is 1.22 bits per heavy atom. The van der Waals surface area contributed by atoms with E-state index in [9.17, 15) is 14.3 Å². The van der Waals surface area contributed by atoms with E-state index in [0.29, 0.717) is 22.6 Å². The number of carboxylic acids is 1. The number of para-hydroxylation sites is 1. The summed E-state index contributed by atoms with van der Waals surface area (Å²) in [7, 11) is 0. The Morgan fingerprint density at radius 3 is 2.74 bits per heavy atom. The number of hydrogen-bond donors (Lipinski definition) is 1. The first-order valence-corrected chi connectivity index (χ1v) is 7.97. The topological polar surface area (TPSA) is 55.1 Å². The zero-order chi connectivity index (χ0) is 16.0. The molecule has 2 heterocycles. The van der Waals surface area contributed by atoms with Crippen LogP contribution in [0.4, 0.5) is 4.39 Å². The number of benzene rings is 2. The third-order valence-corrected chi connectivity index (χ3v) is 4.86. The Bertz CT molecular complexity index is 922. The average molecular weight is 326 g/mol. The van der Waals surface area contributed by atoms with E-state index in [1.54, 1.807) is 10.7 Å². The number of aromatic carboxylic acids is 1. The molecule has 0 aliphatic carbocycles. The lowest BCUT2D eigenvalue weighted by molar-refractivity contribution is 0.0689. The molecule has 0 radical (unpaired) electrons. The van der Waals surface area contributed by atoms with Crippen molar-refractivity contribution in [2.75, 3.05) is 0 Å². The predicted molar refractivity (Wildman–Crippen MR) is 85.5 cm³/mol. The van der Waals surface area contributed by atoms with Crippen LogP contribution in [0.15, 0.2) is 53.4 Å². The van der Waals surface area contributed by atoms with Gasteiger partial charge in [0, 0.05) is 21.8 Å². The summed E-state index contributed by atoms with van der Waals surface area (Å²) < 4.78 is 15.3. The van der Waals surface area contributed by atoms with Crippen molar-refractivity contribution in [1.82, 2.24) is 9.78 Å². The van der Waals surface area contributed by atoms with Gasteiger partial charge in [0.15, 0.2) is 5.69 Å². The number of aromatic nitrogens is 2. The van der Waals surface area contributed by atoms with E-state index in [0.717, 1.165) is 10.6 Å². The average Bonchev–Trinajstić information content (AvgIpc) is 2.96. The van der Waals surface area contributed by atoms with E-state index in [4.69, 9.17) is 0 Å². The molecular formula is C17H11FN2O2S. The first-order valence-electron chi connectivity index (χ1n) is 6.98. The number of nitrogens with zero attached hydrogens (tertiary/aromatic N) is 2. The van der Waals surface area contributed by atoms with Crippen molar-refractivity contribution in [2.45, 2.75) is 10.6 Å². The van der Waals surface area contributed by atoms with Crippen molar-refractivity contribution in [3.05, 3.63) is 65.6 Å². The number of carboxylic acid groups (broad SMARTS) is 1. The zero-order valence-electron chi connectivity index (χ0n) is 11.9. The molecular weight excluding hydrogens is 315 g/mol. The van der Waals surface area contributed by atoms with Crippen LogP contribution in [0.25, 0.3) is 16.9 Å². The second-order valence-corrected chi connectivity index (χ2v) is 6.17. The quantitative estimate of drug-likeness (QED) is 0.774. The Morgan fingerprint density at radius 2 is 2.00 bits per heavy atom. The second-order valence-electron chi connectivity index (χ2n) is 5.16. The molecule has 3 aromatic rings. The Hall–Kier alpha value is -2.60. The molecule has 0 unspecified atom stereocenters. The molecule has 0 amide bonds. The molecule has 0 fully saturated rings. The fourth-order valence-corrected chi connectivity index (χ4v) is 3.80. The molecule has 1 aliphatic heterocycles. The maximum Gasteiger partial charge on any atom is 0.356 e. The van der Waals surface area contributed by atoms with Gasteiger partial charge in [-0.1, -0.05) is 18.2 Å². The molecule has 0 saturated carbocycles. The SMILES string of the molecule is O=C(O)c1nn(-c2ccccc2)c2c1CSc1ccc(F)cc1-2. The van der Waals surface area contributed by atoms with E-state index >= 15 is 0 Å². The summed E-state index contributed by atoms with van der Waals surface area (Å²) in [5, 5.41) is 13.7. The normalized spacial score (nSPS) is 12.6. The van der Waals surface area contributed by atoms with Crippen molar-refractivity contribution in [3.8, 4) is 16.9 Å². The number of hydrogen-bond acceptors (Lipinski definition) is 3. The third kappa shape index (κ3) is 2.22. The molecule has 0 bridgehead atoms. The Balaban J connectivity index is 2.05. The fraction of sp³-hybridized carbons (Fsp3) is 0.0588. The van der Waals surface area contributed by atoms with Crippen molar-refractivity contribution in [3.63, 3.8) is 0 Å². The fourth-order valence-electron chi connectivity index (χ4n) is 2.75. The van der Waals surface area contributed by atoms with Crippen LogP contribution in [-0.2, 0) is 5.75 Å². The van der Waals surface area contributed by atoms with Gasteiger partial charge in [0.2, 0.25) is 0 Å². The number of fused-ring (bicyclic) bond motifs is 3. The third-order valence-electron chi connectivity index (χ3n) is 3.76. The maximum atomic E-state index is 13.7. The molecule has 1 N–H and O–H groups in total. The molecule has 114 valence electrons. The maximum absolute atomic E-state index is 13.7. The van der Waals surface area contributed by atoms with Gasteiger partial charge in [-0.15, -0.1) is 11.8 Å². The minimum atomic E-state index is -1.07. The highest BCUT2D eigenvalue weighted by molar-refractivity contribution is 7.98. The summed E-state index contributed by atoms with van der Waals surface area (Å²) in [4.78, 5) is 12.5.